The lowest BCUT2D eigenvalue weighted by Crippen LogP contribution is -2.42. The summed E-state index contributed by atoms with van der Waals surface area (Å²) >= 11 is 0. The summed E-state index contributed by atoms with van der Waals surface area (Å²) in [6.07, 6.45) is 3.84. The zero-order chi connectivity index (χ0) is 19.4. The average molecular weight is 383 g/mol. The second-order valence-corrected chi connectivity index (χ2v) is 8.55. The van der Waals surface area contributed by atoms with E-state index in [0.29, 0.717) is 11.3 Å². The third-order valence-electron chi connectivity index (χ3n) is 4.66. The Balaban J connectivity index is 1.79. The molecule has 7 heteroatoms. The number of rotatable bonds is 5. The van der Waals surface area contributed by atoms with Crippen molar-refractivity contribution in [2.45, 2.75) is 25.3 Å². The summed E-state index contributed by atoms with van der Waals surface area (Å²) in [5, 5.41) is 12.0. The molecule has 1 aliphatic rings. The highest BCUT2D eigenvalue weighted by molar-refractivity contribution is 7.92. The predicted octanol–water partition coefficient (Wildman–Crippen LogP) is 2.52. The molecule has 0 spiro atoms. The molecule has 1 amide bonds. The summed E-state index contributed by atoms with van der Waals surface area (Å²) in [5.41, 5.74) is 2.95. The molecule has 2 aromatic carbocycles. The Kier molecular flexibility index (Phi) is 5.47. The highest BCUT2D eigenvalue weighted by Gasteiger charge is 2.25. The van der Waals surface area contributed by atoms with E-state index < -0.39 is 10.0 Å². The summed E-state index contributed by atoms with van der Waals surface area (Å²) < 4.78 is 25.5. The molecule has 1 unspecified atom stereocenters. The first-order valence-electron chi connectivity index (χ1n) is 8.73. The number of nitrogens with zero attached hydrogens (tertiary/aromatic N) is 2. The van der Waals surface area contributed by atoms with Crippen LogP contribution in [0.25, 0.3) is 0 Å². The molecule has 0 aromatic heterocycles. The van der Waals surface area contributed by atoms with Crippen molar-refractivity contribution >= 4 is 21.6 Å². The number of aryl methyl sites for hydroxylation is 1. The number of hydrogen-bond donors (Lipinski definition) is 1. The normalized spacial score (nSPS) is 16.1. The van der Waals surface area contributed by atoms with Gasteiger partial charge in [-0.05, 0) is 48.6 Å². The zero-order valence-corrected chi connectivity index (χ0v) is 15.9. The molecule has 0 heterocycles. The molecule has 0 radical (unpaired) electrons. The molecule has 0 saturated heterocycles. The summed E-state index contributed by atoms with van der Waals surface area (Å²) in [5.74, 6) is -0.371. The van der Waals surface area contributed by atoms with E-state index in [0.717, 1.165) is 35.4 Å². The molecule has 27 heavy (non-hydrogen) atoms. The van der Waals surface area contributed by atoms with Gasteiger partial charge in [-0.15, -0.1) is 0 Å². The zero-order valence-electron chi connectivity index (χ0n) is 15.1. The van der Waals surface area contributed by atoms with Crippen molar-refractivity contribution in [1.29, 1.82) is 5.26 Å². The molecule has 2 aromatic rings. The van der Waals surface area contributed by atoms with Crippen LogP contribution in [-0.2, 0) is 21.2 Å². The lowest BCUT2D eigenvalue weighted by atomic mass is 9.88. The molecule has 0 saturated carbocycles. The Morgan fingerprint density at radius 1 is 1.26 bits per heavy atom. The standard InChI is InChI=1S/C20H21N3O3S/c1-27(25,26)23(17-9-4-6-15(12-17)13-21)14-20(24)22-19-11-5-8-16-7-2-3-10-18(16)19/h2-4,6-7,9-10,12,19H,5,8,11,14H2,1H3,(H,22,24). The van der Waals surface area contributed by atoms with Gasteiger partial charge in [-0.1, -0.05) is 30.3 Å². The Morgan fingerprint density at radius 2 is 2.04 bits per heavy atom. The van der Waals surface area contributed by atoms with Crippen LogP contribution in [0.4, 0.5) is 5.69 Å². The van der Waals surface area contributed by atoms with Gasteiger partial charge in [0.1, 0.15) is 6.54 Å². The van der Waals surface area contributed by atoms with E-state index in [1.165, 1.54) is 11.6 Å². The van der Waals surface area contributed by atoms with Gasteiger partial charge in [0, 0.05) is 0 Å². The van der Waals surface area contributed by atoms with Gasteiger partial charge in [0.15, 0.2) is 0 Å². The smallest absolute Gasteiger partial charge is 0.241 e. The predicted molar refractivity (Wildman–Crippen MR) is 104 cm³/mol. The van der Waals surface area contributed by atoms with E-state index in [2.05, 4.69) is 11.4 Å². The number of carbonyl (C=O) groups is 1. The number of nitriles is 1. The fourth-order valence-corrected chi connectivity index (χ4v) is 4.25. The lowest BCUT2D eigenvalue weighted by molar-refractivity contribution is -0.120. The number of fused-ring (bicyclic) bond motifs is 1. The second-order valence-electron chi connectivity index (χ2n) is 6.64. The van der Waals surface area contributed by atoms with E-state index in [9.17, 15) is 13.2 Å². The van der Waals surface area contributed by atoms with Crippen molar-refractivity contribution in [3.05, 3.63) is 65.2 Å². The molecule has 1 atom stereocenters. The summed E-state index contributed by atoms with van der Waals surface area (Å²) in [6.45, 7) is -0.327. The highest BCUT2D eigenvalue weighted by atomic mass is 32.2. The maximum Gasteiger partial charge on any atom is 0.241 e. The van der Waals surface area contributed by atoms with Crippen molar-refractivity contribution in [2.75, 3.05) is 17.1 Å². The molecule has 1 N–H and O–H groups in total. The van der Waals surface area contributed by atoms with Gasteiger partial charge in [-0.2, -0.15) is 5.26 Å². The largest absolute Gasteiger partial charge is 0.348 e. The molecule has 0 aliphatic heterocycles. The van der Waals surface area contributed by atoms with Gasteiger partial charge in [-0.3, -0.25) is 9.10 Å². The van der Waals surface area contributed by atoms with Gasteiger partial charge < -0.3 is 5.32 Å². The molecule has 140 valence electrons. The first-order chi connectivity index (χ1) is 12.9. The molecule has 0 fully saturated rings. The Morgan fingerprint density at radius 3 is 2.78 bits per heavy atom. The fraction of sp³-hybridized carbons (Fsp3) is 0.300. The minimum Gasteiger partial charge on any atom is -0.348 e. The quantitative estimate of drug-likeness (QED) is 0.859. The Hall–Kier alpha value is -2.85. The van der Waals surface area contributed by atoms with Crippen LogP contribution in [0.1, 0.15) is 35.6 Å². The lowest BCUT2D eigenvalue weighted by Gasteiger charge is -2.28. The van der Waals surface area contributed by atoms with Crippen molar-refractivity contribution in [3.63, 3.8) is 0 Å². The molecule has 0 bridgehead atoms. The van der Waals surface area contributed by atoms with Crippen molar-refractivity contribution in [3.8, 4) is 6.07 Å². The number of sulfonamides is 1. The molecule has 3 rings (SSSR count). The minimum absolute atomic E-state index is 0.116. The number of carbonyl (C=O) groups excluding carboxylic acids is 1. The van der Waals surface area contributed by atoms with E-state index in [-0.39, 0.29) is 18.5 Å². The van der Waals surface area contributed by atoms with Crippen molar-refractivity contribution in [1.82, 2.24) is 5.32 Å². The topological polar surface area (TPSA) is 90.3 Å². The maximum atomic E-state index is 12.6. The Labute approximate surface area is 159 Å². The number of amides is 1. The van der Waals surface area contributed by atoms with Crippen LogP contribution in [0.15, 0.2) is 48.5 Å². The average Bonchev–Trinajstić information content (AvgIpc) is 2.65. The van der Waals surface area contributed by atoms with Crippen LogP contribution in [0.2, 0.25) is 0 Å². The fourth-order valence-electron chi connectivity index (χ4n) is 3.40. The number of anilines is 1. The van der Waals surface area contributed by atoms with E-state index in [1.807, 2.05) is 24.3 Å². The first kappa shape index (κ1) is 18.9. The molecule has 6 nitrogen and oxygen atoms in total. The Bertz CT molecular complexity index is 996. The van der Waals surface area contributed by atoms with Crippen LogP contribution in [0.3, 0.4) is 0 Å². The molecular weight excluding hydrogens is 362 g/mol. The maximum absolute atomic E-state index is 12.6. The van der Waals surface area contributed by atoms with Crippen LogP contribution in [0.5, 0.6) is 0 Å². The van der Waals surface area contributed by atoms with Crippen molar-refractivity contribution < 1.29 is 13.2 Å². The summed E-state index contributed by atoms with van der Waals surface area (Å²) in [7, 11) is -3.68. The monoisotopic (exact) mass is 383 g/mol. The van der Waals surface area contributed by atoms with E-state index >= 15 is 0 Å². The second kappa shape index (κ2) is 7.80. The molecule has 1 aliphatic carbocycles. The van der Waals surface area contributed by atoms with E-state index in [4.69, 9.17) is 5.26 Å². The van der Waals surface area contributed by atoms with Gasteiger partial charge in [0.2, 0.25) is 15.9 Å². The SMILES string of the molecule is CS(=O)(=O)N(CC(=O)NC1CCCc2ccccc21)c1cccc(C#N)c1. The van der Waals surface area contributed by atoms with Crippen LogP contribution >= 0.6 is 0 Å². The minimum atomic E-state index is -3.68. The van der Waals surface area contributed by atoms with Crippen LogP contribution < -0.4 is 9.62 Å². The van der Waals surface area contributed by atoms with Gasteiger partial charge in [-0.25, -0.2) is 8.42 Å². The summed E-state index contributed by atoms with van der Waals surface area (Å²) in [4.78, 5) is 12.6. The van der Waals surface area contributed by atoms with Gasteiger partial charge in [0.25, 0.3) is 0 Å². The van der Waals surface area contributed by atoms with Crippen molar-refractivity contribution in [2.24, 2.45) is 0 Å². The van der Waals surface area contributed by atoms with Crippen LogP contribution in [0, 0.1) is 11.3 Å². The third-order valence-corrected chi connectivity index (χ3v) is 5.80. The number of nitrogens with one attached hydrogen (secondary N) is 1. The highest BCUT2D eigenvalue weighted by Crippen LogP contribution is 2.29. The summed E-state index contributed by atoms with van der Waals surface area (Å²) in [6, 6.07) is 16.1. The van der Waals surface area contributed by atoms with Gasteiger partial charge >= 0.3 is 0 Å². The number of benzene rings is 2. The molecular formula is C20H21N3O3S. The van der Waals surface area contributed by atoms with E-state index in [1.54, 1.807) is 18.2 Å². The van der Waals surface area contributed by atoms with Crippen LogP contribution in [-0.4, -0.2) is 27.1 Å². The van der Waals surface area contributed by atoms with Gasteiger partial charge in [0.05, 0.1) is 29.6 Å². The number of hydrogen-bond acceptors (Lipinski definition) is 4. The first-order valence-corrected chi connectivity index (χ1v) is 10.6. The third kappa shape index (κ3) is 4.47.